The van der Waals surface area contributed by atoms with Crippen LogP contribution in [0.15, 0.2) is 23.0 Å². The van der Waals surface area contributed by atoms with E-state index in [9.17, 15) is 18.0 Å². The molecular weight excluding hydrogens is 257 g/mol. The van der Waals surface area contributed by atoms with Gasteiger partial charge in [0.25, 0.3) is 5.56 Å². The summed E-state index contributed by atoms with van der Waals surface area (Å²) in [5.74, 6) is -3.81. The number of nitrogens with one attached hydrogen (secondary N) is 1. The van der Waals surface area contributed by atoms with Gasteiger partial charge in [0.15, 0.2) is 17.5 Å². The van der Waals surface area contributed by atoms with E-state index in [1.54, 1.807) is 0 Å². The van der Waals surface area contributed by atoms with Crippen LogP contribution in [0, 0.1) is 17.5 Å². The number of aromatic amines is 1. The zero-order valence-corrected chi connectivity index (χ0v) is 10.1. The van der Waals surface area contributed by atoms with E-state index in [-0.39, 0.29) is 11.3 Å². The third kappa shape index (κ3) is 2.67. The van der Waals surface area contributed by atoms with Gasteiger partial charge >= 0.3 is 0 Å². The zero-order chi connectivity index (χ0) is 14.0. The van der Waals surface area contributed by atoms with Gasteiger partial charge in [-0.1, -0.05) is 6.92 Å². The lowest BCUT2D eigenvalue weighted by Gasteiger charge is -2.06. The molecule has 0 fully saturated rings. The average Bonchev–Trinajstić information content (AvgIpc) is 2.36. The van der Waals surface area contributed by atoms with Gasteiger partial charge in [-0.2, -0.15) is 0 Å². The monoisotopic (exact) mass is 268 g/mol. The van der Waals surface area contributed by atoms with Crippen molar-refractivity contribution >= 4 is 0 Å². The van der Waals surface area contributed by atoms with Crippen LogP contribution >= 0.6 is 0 Å². The predicted octanol–water partition coefficient (Wildman–Crippen LogP) is 2.81. The topological polar surface area (TPSA) is 45.8 Å². The first-order chi connectivity index (χ1) is 9.02. The Morgan fingerprint density at radius 2 is 1.95 bits per heavy atom. The predicted molar refractivity (Wildman–Crippen MR) is 64.2 cm³/mol. The Morgan fingerprint density at radius 1 is 1.21 bits per heavy atom. The van der Waals surface area contributed by atoms with E-state index in [2.05, 4.69) is 9.97 Å². The lowest BCUT2D eigenvalue weighted by atomic mass is 10.1. The Bertz CT molecular complexity index is 667. The second-order valence-corrected chi connectivity index (χ2v) is 4.05. The maximum absolute atomic E-state index is 13.6. The fourth-order valence-corrected chi connectivity index (χ4v) is 1.72. The number of hydrogen-bond donors (Lipinski definition) is 1. The molecule has 6 heteroatoms. The number of H-pyrrole nitrogens is 1. The van der Waals surface area contributed by atoms with Crippen LogP contribution in [0.3, 0.4) is 0 Å². The second-order valence-electron chi connectivity index (χ2n) is 4.05. The fourth-order valence-electron chi connectivity index (χ4n) is 1.72. The minimum absolute atomic E-state index is 0.0106. The molecule has 0 radical (unpaired) electrons. The molecule has 0 spiro atoms. The molecule has 0 saturated carbocycles. The van der Waals surface area contributed by atoms with Crippen molar-refractivity contribution in [3.8, 4) is 11.3 Å². The van der Waals surface area contributed by atoms with Crippen LogP contribution in [0.25, 0.3) is 11.3 Å². The van der Waals surface area contributed by atoms with E-state index in [1.165, 1.54) is 0 Å². The number of rotatable bonds is 3. The van der Waals surface area contributed by atoms with Crippen molar-refractivity contribution in [2.75, 3.05) is 0 Å². The number of halogens is 3. The summed E-state index contributed by atoms with van der Waals surface area (Å²) in [6.45, 7) is 1.89. The summed E-state index contributed by atoms with van der Waals surface area (Å²) >= 11 is 0. The molecule has 3 nitrogen and oxygen atoms in total. The van der Waals surface area contributed by atoms with Gasteiger partial charge in [-0.25, -0.2) is 18.2 Å². The number of nitrogens with zero attached hydrogens (tertiary/aromatic N) is 1. The third-order valence-corrected chi connectivity index (χ3v) is 2.59. The van der Waals surface area contributed by atoms with E-state index < -0.39 is 23.0 Å². The number of aromatic nitrogens is 2. The maximum atomic E-state index is 13.6. The van der Waals surface area contributed by atoms with Crippen LogP contribution in [0.5, 0.6) is 0 Å². The standard InChI is InChI=1S/C13H11F3N2O/c1-2-3-10-17-9(6-11(19)18-10)7-4-5-8(14)13(16)12(7)15/h4-6H,2-3H2,1H3,(H,17,18,19). The SMILES string of the molecule is CCCc1nc(-c2ccc(F)c(F)c2F)cc(=O)[nH]1. The van der Waals surface area contributed by atoms with E-state index >= 15 is 0 Å². The Hall–Kier alpha value is -2.11. The largest absolute Gasteiger partial charge is 0.311 e. The molecule has 2 aromatic rings. The van der Waals surface area contributed by atoms with Gasteiger partial charge in [-0.3, -0.25) is 4.79 Å². The zero-order valence-electron chi connectivity index (χ0n) is 10.1. The number of benzene rings is 1. The molecule has 0 aliphatic heterocycles. The molecule has 0 saturated heterocycles. The van der Waals surface area contributed by atoms with Gasteiger partial charge in [0, 0.05) is 18.1 Å². The van der Waals surface area contributed by atoms with Gasteiger partial charge < -0.3 is 4.98 Å². The van der Waals surface area contributed by atoms with Gasteiger partial charge in [0.2, 0.25) is 0 Å². The normalized spacial score (nSPS) is 10.7. The molecule has 0 atom stereocenters. The highest BCUT2D eigenvalue weighted by Gasteiger charge is 2.16. The first-order valence-electron chi connectivity index (χ1n) is 5.77. The molecule has 0 aliphatic carbocycles. The summed E-state index contributed by atoms with van der Waals surface area (Å²) in [7, 11) is 0. The summed E-state index contributed by atoms with van der Waals surface area (Å²) < 4.78 is 39.6. The minimum Gasteiger partial charge on any atom is -0.311 e. The van der Waals surface area contributed by atoms with Crippen molar-refractivity contribution in [2.45, 2.75) is 19.8 Å². The Labute approximate surface area is 107 Å². The molecule has 0 bridgehead atoms. The number of hydrogen-bond acceptors (Lipinski definition) is 2. The fraction of sp³-hybridized carbons (Fsp3) is 0.231. The molecule has 1 aromatic carbocycles. The molecule has 19 heavy (non-hydrogen) atoms. The Morgan fingerprint density at radius 3 is 2.63 bits per heavy atom. The van der Waals surface area contributed by atoms with Crippen LogP contribution in [-0.4, -0.2) is 9.97 Å². The Balaban J connectivity index is 2.59. The summed E-state index contributed by atoms with van der Waals surface area (Å²) in [4.78, 5) is 18.0. The summed E-state index contributed by atoms with van der Waals surface area (Å²) in [5, 5.41) is 0. The van der Waals surface area contributed by atoms with Gasteiger partial charge in [0.05, 0.1) is 5.69 Å². The quantitative estimate of drug-likeness (QED) is 0.870. The van der Waals surface area contributed by atoms with Crippen LogP contribution < -0.4 is 5.56 Å². The van der Waals surface area contributed by atoms with Crippen LogP contribution in [-0.2, 0) is 6.42 Å². The molecule has 0 amide bonds. The van der Waals surface area contributed by atoms with E-state index in [0.717, 1.165) is 24.6 Å². The Kier molecular flexibility index (Phi) is 3.69. The second kappa shape index (κ2) is 5.26. The molecule has 100 valence electrons. The molecule has 2 rings (SSSR count). The number of aryl methyl sites for hydroxylation is 1. The van der Waals surface area contributed by atoms with Crippen molar-refractivity contribution < 1.29 is 13.2 Å². The van der Waals surface area contributed by atoms with Crippen LogP contribution in [0.4, 0.5) is 13.2 Å². The molecule has 0 aliphatic rings. The first kappa shape index (κ1) is 13.3. The van der Waals surface area contributed by atoms with Crippen molar-refractivity contribution in [1.82, 2.24) is 9.97 Å². The van der Waals surface area contributed by atoms with Crippen molar-refractivity contribution in [2.24, 2.45) is 0 Å². The lowest BCUT2D eigenvalue weighted by Crippen LogP contribution is -2.11. The average molecular weight is 268 g/mol. The molecular formula is C13H11F3N2O. The maximum Gasteiger partial charge on any atom is 0.251 e. The smallest absolute Gasteiger partial charge is 0.251 e. The van der Waals surface area contributed by atoms with Crippen molar-refractivity contribution in [1.29, 1.82) is 0 Å². The van der Waals surface area contributed by atoms with Gasteiger partial charge in [0.1, 0.15) is 5.82 Å². The summed E-state index contributed by atoms with van der Waals surface area (Å²) in [5.41, 5.74) is -0.705. The summed E-state index contributed by atoms with van der Waals surface area (Å²) in [6.07, 6.45) is 1.25. The van der Waals surface area contributed by atoms with Gasteiger partial charge in [-0.15, -0.1) is 0 Å². The van der Waals surface area contributed by atoms with E-state index in [0.29, 0.717) is 12.2 Å². The first-order valence-corrected chi connectivity index (χ1v) is 5.77. The highest BCUT2D eigenvalue weighted by molar-refractivity contribution is 5.59. The van der Waals surface area contributed by atoms with Crippen molar-refractivity contribution in [3.63, 3.8) is 0 Å². The molecule has 1 heterocycles. The minimum atomic E-state index is -1.57. The lowest BCUT2D eigenvalue weighted by molar-refractivity contribution is 0.448. The highest BCUT2D eigenvalue weighted by Crippen LogP contribution is 2.23. The molecule has 0 unspecified atom stereocenters. The van der Waals surface area contributed by atoms with E-state index in [4.69, 9.17) is 0 Å². The highest BCUT2D eigenvalue weighted by atomic mass is 19.2. The molecule has 1 aromatic heterocycles. The molecule has 1 N–H and O–H groups in total. The summed E-state index contributed by atoms with van der Waals surface area (Å²) in [6, 6.07) is 2.91. The third-order valence-electron chi connectivity index (χ3n) is 2.59. The van der Waals surface area contributed by atoms with E-state index in [1.807, 2.05) is 6.92 Å². The van der Waals surface area contributed by atoms with Crippen LogP contribution in [0.2, 0.25) is 0 Å². The van der Waals surface area contributed by atoms with Gasteiger partial charge in [-0.05, 0) is 18.6 Å². The van der Waals surface area contributed by atoms with Crippen molar-refractivity contribution in [3.05, 3.63) is 51.8 Å². The van der Waals surface area contributed by atoms with Crippen LogP contribution in [0.1, 0.15) is 19.2 Å².